The molecule has 28 valence electrons. The van der Waals surface area contributed by atoms with E-state index in [0.717, 1.165) is 0 Å². The van der Waals surface area contributed by atoms with Crippen molar-refractivity contribution in [3.8, 4) is 0 Å². The van der Waals surface area contributed by atoms with Crippen molar-refractivity contribution in [1.82, 2.24) is 0 Å². The quantitative estimate of drug-likeness (QED) is 0.323. The molecule has 0 atom stereocenters. The minimum absolute atomic E-state index is 0. The van der Waals surface area contributed by atoms with Crippen molar-refractivity contribution < 1.29 is 0 Å². The zero-order valence-electron chi connectivity index (χ0n) is 2.43. The number of rotatable bonds is 0. The summed E-state index contributed by atoms with van der Waals surface area (Å²) in [7, 11) is 0. The van der Waals surface area contributed by atoms with Crippen LogP contribution in [0.3, 0.4) is 0 Å². The molecule has 3 N–H and O–H groups in total. The normalized spacial score (nSPS) is 4.80. The van der Waals surface area contributed by atoms with Gasteiger partial charge in [0.25, 0.3) is 0 Å². The van der Waals surface area contributed by atoms with Gasteiger partial charge in [-0.1, -0.05) is 0 Å². The molecule has 0 saturated heterocycles. The van der Waals surface area contributed by atoms with Crippen LogP contribution in [0, 0.1) is 5.41 Å². The molecule has 0 aromatic carbocycles. The fourth-order valence-corrected chi connectivity index (χ4v) is 0. The van der Waals surface area contributed by atoms with Crippen LogP contribution in [0.15, 0.2) is 0 Å². The Hall–Kier alpha value is 0.873. The summed E-state index contributed by atoms with van der Waals surface area (Å²) in [6.07, 6.45) is 0. The van der Waals surface area contributed by atoms with E-state index >= 15 is 0 Å². The molecular weight excluding hydrogens is 328 g/mol. The number of hydrogen-bond acceptors (Lipinski definition) is 1. The molecule has 0 unspecified atom stereocenters. The van der Waals surface area contributed by atoms with E-state index in [1.54, 1.807) is 0 Å². The van der Waals surface area contributed by atoms with E-state index in [1.807, 2.05) is 0 Å². The number of amidine groups is 1. The number of hydrogen-bond donors (Lipinski definition) is 2. The number of nitrogens with two attached hydrogens (primary N) is 1. The second kappa shape index (κ2) is 4.87. The van der Waals surface area contributed by atoms with Gasteiger partial charge in [-0.3, -0.25) is 0 Å². The Kier molecular flexibility index (Phi) is 9.06. The monoisotopic (exact) mass is 332 g/mol. The minimum atomic E-state index is 0. The maximum Gasteiger partial charge on any atom is 0 e. The fraction of sp³-hybridized carbons (Fsp3) is 0. The fourth-order valence-electron chi connectivity index (χ4n) is 0. The Bertz CT molecular complexity index is 32.6. The van der Waals surface area contributed by atoms with Crippen LogP contribution in [0.4, 0.5) is 0 Å². The summed E-state index contributed by atoms with van der Waals surface area (Å²) in [6.45, 7) is 0. The third-order valence-electron chi connectivity index (χ3n) is 0. The van der Waals surface area contributed by atoms with Crippen molar-refractivity contribution in [3.63, 3.8) is 0 Å². The molecule has 4 radical (unpaired) electrons. The van der Waals surface area contributed by atoms with Gasteiger partial charge in [0.15, 0.2) is 0 Å². The van der Waals surface area contributed by atoms with Gasteiger partial charge in [0.1, 0.15) is 0 Å². The van der Waals surface area contributed by atoms with Crippen molar-refractivity contribution in [1.29, 1.82) is 5.41 Å². The molecule has 0 aliphatic rings. The summed E-state index contributed by atoms with van der Waals surface area (Å²) in [6, 6.07) is 0. The summed E-state index contributed by atoms with van der Waals surface area (Å²) >= 11 is 2.26. The standard InChI is InChI=1S/CH3N2Se.Bi/c2-1(3)4;/h(H3,2,3);. The van der Waals surface area contributed by atoms with E-state index in [9.17, 15) is 0 Å². The van der Waals surface area contributed by atoms with E-state index in [-0.39, 0.29) is 30.9 Å². The van der Waals surface area contributed by atoms with Crippen LogP contribution in [0.25, 0.3) is 0 Å². The first-order chi connectivity index (χ1) is 1.73. The van der Waals surface area contributed by atoms with Gasteiger partial charge in [-0.25, -0.2) is 0 Å². The SMILES string of the molecule is N=C(N)[Se].[Bi]. The number of nitrogens with one attached hydrogen (secondary N) is 1. The molecule has 2 nitrogen and oxygen atoms in total. The van der Waals surface area contributed by atoms with Gasteiger partial charge in [-0.05, 0) is 0 Å². The summed E-state index contributed by atoms with van der Waals surface area (Å²) in [5.74, 6) is 0. The topological polar surface area (TPSA) is 49.9 Å². The Balaban J connectivity index is 0. The molecule has 0 saturated carbocycles. The molecule has 0 bridgehead atoms. The van der Waals surface area contributed by atoms with E-state index in [4.69, 9.17) is 5.41 Å². The van der Waals surface area contributed by atoms with Crippen LogP contribution in [0.1, 0.15) is 0 Å². The molecule has 0 heterocycles. The maximum absolute atomic E-state index is 6.22. The van der Waals surface area contributed by atoms with E-state index in [1.165, 1.54) is 0 Å². The van der Waals surface area contributed by atoms with Gasteiger partial charge in [0, 0.05) is 26.2 Å². The zero-order valence-corrected chi connectivity index (χ0v) is 7.62. The van der Waals surface area contributed by atoms with Crippen LogP contribution in [0.5, 0.6) is 0 Å². The average molecular weight is 331 g/mol. The largest absolute Gasteiger partial charge is 0 e. The molecule has 0 amide bonds. The second-order valence-corrected chi connectivity index (χ2v) is 1.29. The first kappa shape index (κ1) is 9.30. The summed E-state index contributed by atoms with van der Waals surface area (Å²) in [5.41, 5.74) is 4.64. The summed E-state index contributed by atoms with van der Waals surface area (Å²) < 4.78 is 0.0417. The van der Waals surface area contributed by atoms with Gasteiger partial charge in [-0.15, -0.1) is 0 Å². The maximum atomic E-state index is 6.22. The average Bonchev–Trinajstić information content (AvgIpc) is 0.811. The second-order valence-electron chi connectivity index (χ2n) is 0.364. The third-order valence-corrected chi connectivity index (χ3v) is 0. The zero-order chi connectivity index (χ0) is 3.58. The van der Waals surface area contributed by atoms with E-state index < -0.39 is 0 Å². The molecule has 0 aliphatic heterocycles. The van der Waals surface area contributed by atoms with Crippen molar-refractivity contribution in [2.75, 3.05) is 0 Å². The molecule has 0 rings (SSSR count). The Morgan fingerprint density at radius 1 is 1.80 bits per heavy atom. The Morgan fingerprint density at radius 2 is 1.80 bits per heavy atom. The van der Waals surface area contributed by atoms with Crippen molar-refractivity contribution >= 4 is 47.0 Å². The Morgan fingerprint density at radius 3 is 1.80 bits per heavy atom. The smallest absolute Gasteiger partial charge is 0 e. The Labute approximate surface area is 57.9 Å². The minimum Gasteiger partial charge on any atom is 0 e. The molecule has 0 aromatic heterocycles. The van der Waals surface area contributed by atoms with Crippen molar-refractivity contribution in [2.24, 2.45) is 5.73 Å². The first-order valence-electron chi connectivity index (χ1n) is 0.743. The molecule has 0 aromatic rings. The predicted octanol–water partition coefficient (Wildman–Crippen LogP) is -1.33. The van der Waals surface area contributed by atoms with Crippen LogP contribution in [0.2, 0.25) is 0 Å². The van der Waals surface area contributed by atoms with Crippen LogP contribution in [-0.4, -0.2) is 47.0 Å². The molecule has 4 heteroatoms. The van der Waals surface area contributed by atoms with E-state index in [0.29, 0.717) is 0 Å². The van der Waals surface area contributed by atoms with Gasteiger partial charge >= 0.3 is 31.9 Å². The van der Waals surface area contributed by atoms with Gasteiger partial charge in [-0.2, -0.15) is 0 Å². The molecule has 0 fully saturated rings. The van der Waals surface area contributed by atoms with Crippen LogP contribution < -0.4 is 5.73 Å². The third kappa shape index (κ3) is 52.8. The van der Waals surface area contributed by atoms with Gasteiger partial charge in [0.2, 0.25) is 0 Å². The molecule has 0 aliphatic carbocycles. The van der Waals surface area contributed by atoms with Crippen LogP contribution in [-0.2, 0) is 0 Å². The van der Waals surface area contributed by atoms with Crippen molar-refractivity contribution in [2.45, 2.75) is 0 Å². The summed E-state index contributed by atoms with van der Waals surface area (Å²) in [5, 5.41) is 6.22. The van der Waals surface area contributed by atoms with Gasteiger partial charge in [0.05, 0.1) is 0 Å². The van der Waals surface area contributed by atoms with Crippen LogP contribution >= 0.6 is 0 Å². The molecule has 0 spiro atoms. The molecule has 5 heavy (non-hydrogen) atoms. The van der Waals surface area contributed by atoms with E-state index in [2.05, 4.69) is 21.7 Å². The predicted molar refractivity (Wildman–Crippen MR) is 23.4 cm³/mol. The molecular formula is CH3BiN2Se. The van der Waals surface area contributed by atoms with Gasteiger partial charge < -0.3 is 0 Å². The first-order valence-corrected chi connectivity index (χ1v) is 1.60. The summed E-state index contributed by atoms with van der Waals surface area (Å²) in [4.78, 5) is 0. The van der Waals surface area contributed by atoms with Crippen molar-refractivity contribution in [3.05, 3.63) is 0 Å².